The number of piperazine rings is 1. The van der Waals surface area contributed by atoms with E-state index in [9.17, 15) is 0 Å². The molecule has 0 spiro atoms. The summed E-state index contributed by atoms with van der Waals surface area (Å²) in [6, 6.07) is 15.0. The van der Waals surface area contributed by atoms with Crippen molar-refractivity contribution >= 4 is 24.2 Å². The molecule has 0 amide bonds. The molecule has 0 bridgehead atoms. The molecule has 2 aromatic carbocycles. The number of methoxy groups -OCH3 is 1. The van der Waals surface area contributed by atoms with Gasteiger partial charge in [0.1, 0.15) is 5.75 Å². The molecule has 0 aromatic heterocycles. The van der Waals surface area contributed by atoms with Crippen LogP contribution < -0.4 is 9.64 Å². The lowest BCUT2D eigenvalue weighted by molar-refractivity contribution is 0.271. The van der Waals surface area contributed by atoms with Gasteiger partial charge in [-0.1, -0.05) is 49.4 Å². The van der Waals surface area contributed by atoms with Crippen molar-refractivity contribution in [2.24, 2.45) is 0 Å². The zero-order valence-corrected chi connectivity index (χ0v) is 16.8. The highest BCUT2D eigenvalue weighted by atomic mass is 35.5. The van der Waals surface area contributed by atoms with Crippen molar-refractivity contribution in [1.82, 2.24) is 4.90 Å². The van der Waals surface area contributed by atoms with Gasteiger partial charge >= 0.3 is 0 Å². The summed E-state index contributed by atoms with van der Waals surface area (Å²) in [6.45, 7) is 9.82. The lowest BCUT2D eigenvalue weighted by Crippen LogP contribution is -2.46. The quantitative estimate of drug-likeness (QED) is 0.737. The Labute approximate surface area is 163 Å². The molecular formula is C22H29ClN2O. The second-order valence-corrected chi connectivity index (χ2v) is 6.40. The molecule has 0 aliphatic carbocycles. The van der Waals surface area contributed by atoms with Gasteiger partial charge in [0.2, 0.25) is 0 Å². The van der Waals surface area contributed by atoms with Crippen LogP contribution in [0.15, 0.2) is 48.5 Å². The van der Waals surface area contributed by atoms with Crippen molar-refractivity contribution in [2.75, 3.05) is 44.7 Å². The number of hydrogen-bond donors (Lipinski definition) is 0. The van der Waals surface area contributed by atoms with Gasteiger partial charge < -0.3 is 14.5 Å². The summed E-state index contributed by atoms with van der Waals surface area (Å²) in [6.07, 6.45) is 4.21. The van der Waals surface area contributed by atoms with Crippen LogP contribution in [0.2, 0.25) is 0 Å². The summed E-state index contributed by atoms with van der Waals surface area (Å²) in [7, 11) is 1.76. The van der Waals surface area contributed by atoms with Gasteiger partial charge in [-0.15, -0.1) is 12.4 Å². The van der Waals surface area contributed by atoms with Crippen LogP contribution in [0, 0.1) is 0 Å². The van der Waals surface area contributed by atoms with Crippen molar-refractivity contribution in [2.45, 2.75) is 13.8 Å². The van der Waals surface area contributed by atoms with Crippen LogP contribution in [0.5, 0.6) is 5.75 Å². The second-order valence-electron chi connectivity index (χ2n) is 6.40. The smallest absolute Gasteiger partial charge is 0.134 e. The Balaban J connectivity index is 0.00000243. The molecule has 1 fully saturated rings. The minimum absolute atomic E-state index is 0. The predicted octanol–water partition coefficient (Wildman–Crippen LogP) is 4.96. The zero-order chi connectivity index (χ0) is 17.6. The van der Waals surface area contributed by atoms with Gasteiger partial charge in [-0.2, -0.15) is 0 Å². The van der Waals surface area contributed by atoms with E-state index < -0.39 is 0 Å². The van der Waals surface area contributed by atoms with Crippen molar-refractivity contribution in [3.63, 3.8) is 0 Å². The third kappa shape index (κ3) is 4.40. The lowest BCUT2D eigenvalue weighted by Gasteiger charge is -2.36. The first-order valence-corrected chi connectivity index (χ1v) is 9.14. The number of benzene rings is 2. The minimum Gasteiger partial charge on any atom is -0.495 e. The first-order chi connectivity index (χ1) is 12.3. The maximum Gasteiger partial charge on any atom is 0.134 e. The van der Waals surface area contributed by atoms with Crippen molar-refractivity contribution in [3.8, 4) is 16.9 Å². The molecule has 1 saturated heterocycles. The standard InChI is InChI=1S/C22H28N2O.ClH/c1-4-9-19-16-20(24-14-12-23(5-2)13-15-24)17-21(22(19)25-3)18-10-7-6-8-11-18;/h4,6-11,16-17H,5,12-15H2,1-3H3;1H. The Morgan fingerprint density at radius 3 is 2.31 bits per heavy atom. The van der Waals surface area contributed by atoms with Crippen LogP contribution in [-0.2, 0) is 0 Å². The molecular weight excluding hydrogens is 344 g/mol. The number of rotatable bonds is 5. The Morgan fingerprint density at radius 1 is 1.04 bits per heavy atom. The normalized spacial score (nSPS) is 15.1. The maximum atomic E-state index is 5.78. The highest BCUT2D eigenvalue weighted by molar-refractivity contribution is 5.85. The molecule has 3 rings (SSSR count). The topological polar surface area (TPSA) is 15.7 Å². The molecule has 0 radical (unpaired) electrons. The Morgan fingerprint density at radius 2 is 1.73 bits per heavy atom. The number of anilines is 1. The lowest BCUT2D eigenvalue weighted by atomic mass is 9.99. The van der Waals surface area contributed by atoms with Crippen LogP contribution in [0.4, 0.5) is 5.69 Å². The van der Waals surface area contributed by atoms with Gasteiger partial charge in [0.15, 0.2) is 0 Å². The average molecular weight is 373 g/mol. The molecule has 140 valence electrons. The predicted molar refractivity (Wildman–Crippen MR) is 115 cm³/mol. The second kappa shape index (κ2) is 9.65. The molecule has 1 heterocycles. The summed E-state index contributed by atoms with van der Waals surface area (Å²) in [5, 5.41) is 0. The van der Waals surface area contributed by atoms with Crippen LogP contribution >= 0.6 is 12.4 Å². The summed E-state index contributed by atoms with van der Waals surface area (Å²) < 4.78 is 5.78. The van der Waals surface area contributed by atoms with E-state index in [0.29, 0.717) is 0 Å². The molecule has 0 unspecified atom stereocenters. The highest BCUT2D eigenvalue weighted by Crippen LogP contribution is 2.38. The number of likely N-dealkylation sites (N-methyl/N-ethyl adjacent to an activating group) is 1. The largest absolute Gasteiger partial charge is 0.495 e. The van der Waals surface area contributed by atoms with Crippen LogP contribution in [-0.4, -0.2) is 44.7 Å². The average Bonchev–Trinajstić information content (AvgIpc) is 2.68. The van der Waals surface area contributed by atoms with E-state index >= 15 is 0 Å². The first kappa shape index (κ1) is 20.3. The van der Waals surface area contributed by atoms with Gasteiger partial charge in [0.05, 0.1) is 7.11 Å². The molecule has 26 heavy (non-hydrogen) atoms. The van der Waals surface area contributed by atoms with E-state index in [1.54, 1.807) is 7.11 Å². The molecule has 2 aromatic rings. The highest BCUT2D eigenvalue weighted by Gasteiger charge is 2.19. The third-order valence-electron chi connectivity index (χ3n) is 4.92. The Kier molecular flexibility index (Phi) is 7.55. The zero-order valence-electron chi connectivity index (χ0n) is 15.9. The van der Waals surface area contributed by atoms with Gasteiger partial charge in [-0.05, 0) is 31.2 Å². The summed E-state index contributed by atoms with van der Waals surface area (Å²) >= 11 is 0. The molecule has 1 aliphatic rings. The number of hydrogen-bond acceptors (Lipinski definition) is 3. The molecule has 3 nitrogen and oxygen atoms in total. The summed E-state index contributed by atoms with van der Waals surface area (Å²) in [5.41, 5.74) is 4.77. The van der Waals surface area contributed by atoms with E-state index in [0.717, 1.165) is 49.6 Å². The van der Waals surface area contributed by atoms with Gasteiger partial charge in [0.25, 0.3) is 0 Å². The first-order valence-electron chi connectivity index (χ1n) is 9.14. The molecule has 4 heteroatoms. The SMILES string of the molecule is CC=Cc1cc(N2CCN(CC)CC2)cc(-c2ccccc2)c1OC.Cl. The monoisotopic (exact) mass is 372 g/mol. The molecule has 0 saturated carbocycles. The summed E-state index contributed by atoms with van der Waals surface area (Å²) in [4.78, 5) is 5.00. The van der Waals surface area contributed by atoms with Gasteiger partial charge in [-0.3, -0.25) is 0 Å². The van der Waals surface area contributed by atoms with Crippen molar-refractivity contribution in [3.05, 3.63) is 54.1 Å². The fourth-order valence-corrected chi connectivity index (χ4v) is 3.50. The fourth-order valence-electron chi connectivity index (χ4n) is 3.50. The van der Waals surface area contributed by atoms with Crippen LogP contribution in [0.25, 0.3) is 17.2 Å². The Bertz CT molecular complexity index is 722. The fraction of sp³-hybridized carbons (Fsp3) is 0.364. The van der Waals surface area contributed by atoms with Crippen molar-refractivity contribution in [1.29, 1.82) is 0 Å². The van der Waals surface area contributed by atoms with E-state index in [1.165, 1.54) is 11.3 Å². The number of ether oxygens (including phenoxy) is 1. The third-order valence-corrected chi connectivity index (χ3v) is 4.92. The van der Waals surface area contributed by atoms with E-state index in [4.69, 9.17) is 4.74 Å². The minimum atomic E-state index is 0. The van der Waals surface area contributed by atoms with Gasteiger partial charge in [-0.25, -0.2) is 0 Å². The van der Waals surface area contributed by atoms with Crippen LogP contribution in [0.3, 0.4) is 0 Å². The van der Waals surface area contributed by atoms with E-state index in [-0.39, 0.29) is 12.4 Å². The Hall–Kier alpha value is -1.97. The molecule has 0 atom stereocenters. The molecule has 1 aliphatic heterocycles. The maximum absolute atomic E-state index is 5.78. The number of halogens is 1. The van der Waals surface area contributed by atoms with E-state index in [2.05, 4.69) is 71.3 Å². The van der Waals surface area contributed by atoms with Crippen LogP contribution in [0.1, 0.15) is 19.4 Å². The van der Waals surface area contributed by atoms with Crippen molar-refractivity contribution < 1.29 is 4.74 Å². The number of nitrogens with zero attached hydrogens (tertiary/aromatic N) is 2. The number of allylic oxidation sites excluding steroid dienone is 1. The van der Waals surface area contributed by atoms with E-state index in [1.807, 2.05) is 6.92 Å². The molecule has 0 N–H and O–H groups in total. The van der Waals surface area contributed by atoms with Gasteiger partial charge in [0, 0.05) is 43.0 Å². The summed E-state index contributed by atoms with van der Waals surface area (Å²) in [5.74, 6) is 0.945.